The van der Waals surface area contributed by atoms with Crippen molar-refractivity contribution in [3.05, 3.63) is 12.7 Å². The van der Waals surface area contributed by atoms with Crippen molar-refractivity contribution in [3.8, 4) is 0 Å². The van der Waals surface area contributed by atoms with E-state index in [1.165, 1.54) is 58.3 Å². The monoisotopic (exact) mass is 238 g/mol. The van der Waals surface area contributed by atoms with Gasteiger partial charge in [0.15, 0.2) is 0 Å². The number of hydrogen-bond acceptors (Lipinski definition) is 2. The predicted octanol–water partition coefficient (Wildman–Crippen LogP) is 3.05. The summed E-state index contributed by atoms with van der Waals surface area (Å²) in [5, 5.41) is 3.60. The zero-order valence-corrected chi connectivity index (χ0v) is 11.8. The molecule has 17 heavy (non-hydrogen) atoms. The largest absolute Gasteiger partial charge is 0.316 e. The Morgan fingerprint density at radius 1 is 1.35 bits per heavy atom. The fraction of sp³-hybridized carbons (Fsp3) is 0.867. The van der Waals surface area contributed by atoms with Crippen LogP contribution < -0.4 is 5.32 Å². The van der Waals surface area contributed by atoms with Crippen molar-refractivity contribution < 1.29 is 0 Å². The molecule has 1 aliphatic rings. The Morgan fingerprint density at radius 3 is 2.71 bits per heavy atom. The van der Waals surface area contributed by atoms with Gasteiger partial charge < -0.3 is 5.32 Å². The molecule has 1 N–H and O–H groups in total. The first-order valence-corrected chi connectivity index (χ1v) is 7.30. The molecular formula is C15H30N2. The molecule has 0 aromatic rings. The van der Waals surface area contributed by atoms with Crippen LogP contribution in [-0.2, 0) is 0 Å². The minimum atomic E-state index is 0.519. The summed E-state index contributed by atoms with van der Waals surface area (Å²) in [7, 11) is 0. The van der Waals surface area contributed by atoms with Crippen LogP contribution in [0, 0.1) is 5.41 Å². The van der Waals surface area contributed by atoms with Crippen molar-refractivity contribution in [2.45, 2.75) is 46.0 Å². The van der Waals surface area contributed by atoms with Gasteiger partial charge in [0.25, 0.3) is 0 Å². The normalized spacial score (nSPS) is 25.1. The van der Waals surface area contributed by atoms with Crippen molar-refractivity contribution in [2.24, 2.45) is 5.41 Å². The third kappa shape index (κ3) is 4.81. The van der Waals surface area contributed by atoms with Gasteiger partial charge in [-0.05, 0) is 44.2 Å². The highest BCUT2D eigenvalue weighted by atomic mass is 15.1. The van der Waals surface area contributed by atoms with Crippen LogP contribution in [0.4, 0.5) is 0 Å². The predicted molar refractivity (Wildman–Crippen MR) is 76.4 cm³/mol. The second-order valence-electron chi connectivity index (χ2n) is 5.55. The van der Waals surface area contributed by atoms with Crippen molar-refractivity contribution >= 4 is 0 Å². The maximum Gasteiger partial charge on any atom is 0.0160 e. The van der Waals surface area contributed by atoms with Gasteiger partial charge in [-0.2, -0.15) is 0 Å². The van der Waals surface area contributed by atoms with Crippen molar-refractivity contribution in [3.63, 3.8) is 0 Å². The SMILES string of the molecule is C=CCN(CCC)CC1(CCC)CCCNC1. The molecule has 1 unspecified atom stereocenters. The lowest BCUT2D eigenvalue weighted by Crippen LogP contribution is -2.47. The fourth-order valence-corrected chi connectivity index (χ4v) is 3.20. The number of nitrogens with zero attached hydrogens (tertiary/aromatic N) is 1. The molecule has 0 aromatic carbocycles. The Balaban J connectivity index is 2.58. The van der Waals surface area contributed by atoms with Crippen molar-refractivity contribution in [1.29, 1.82) is 0 Å². The van der Waals surface area contributed by atoms with Gasteiger partial charge in [0.2, 0.25) is 0 Å². The minimum Gasteiger partial charge on any atom is -0.316 e. The van der Waals surface area contributed by atoms with Crippen LogP contribution in [0.5, 0.6) is 0 Å². The van der Waals surface area contributed by atoms with Crippen molar-refractivity contribution in [2.75, 3.05) is 32.7 Å². The highest BCUT2D eigenvalue weighted by molar-refractivity contribution is 4.89. The zero-order chi connectivity index (χ0) is 12.6. The molecule has 1 heterocycles. The van der Waals surface area contributed by atoms with Gasteiger partial charge in [-0.3, -0.25) is 4.90 Å². The third-order valence-electron chi connectivity index (χ3n) is 3.83. The second-order valence-corrected chi connectivity index (χ2v) is 5.55. The molecule has 100 valence electrons. The van der Waals surface area contributed by atoms with Gasteiger partial charge in [-0.15, -0.1) is 6.58 Å². The Kier molecular flexibility index (Phi) is 6.83. The van der Waals surface area contributed by atoms with E-state index in [0.717, 1.165) is 6.54 Å². The average molecular weight is 238 g/mol. The van der Waals surface area contributed by atoms with Crippen LogP contribution in [0.15, 0.2) is 12.7 Å². The topological polar surface area (TPSA) is 15.3 Å². The van der Waals surface area contributed by atoms with E-state index >= 15 is 0 Å². The molecule has 0 spiro atoms. The van der Waals surface area contributed by atoms with E-state index in [0.29, 0.717) is 5.41 Å². The lowest BCUT2D eigenvalue weighted by Gasteiger charge is -2.41. The molecule has 1 aliphatic heterocycles. The summed E-state index contributed by atoms with van der Waals surface area (Å²) < 4.78 is 0. The lowest BCUT2D eigenvalue weighted by atomic mass is 9.76. The van der Waals surface area contributed by atoms with Crippen LogP contribution in [-0.4, -0.2) is 37.6 Å². The highest BCUT2D eigenvalue weighted by Crippen LogP contribution is 2.32. The van der Waals surface area contributed by atoms with E-state index in [2.05, 4.69) is 30.6 Å². The molecule has 1 rings (SSSR count). The van der Waals surface area contributed by atoms with E-state index in [9.17, 15) is 0 Å². The standard InChI is InChI=1S/C15H30N2/c1-4-8-15(9-7-10-16-13-15)14-17(11-5-2)12-6-3/h5,16H,2,4,6-14H2,1,3H3. The molecule has 1 fully saturated rings. The molecule has 0 amide bonds. The second kappa shape index (κ2) is 7.88. The first-order chi connectivity index (χ1) is 8.26. The molecule has 0 radical (unpaired) electrons. The highest BCUT2D eigenvalue weighted by Gasteiger charge is 2.32. The first kappa shape index (κ1) is 14.7. The lowest BCUT2D eigenvalue weighted by molar-refractivity contribution is 0.113. The molecule has 0 bridgehead atoms. The molecule has 1 saturated heterocycles. The van der Waals surface area contributed by atoms with E-state index < -0.39 is 0 Å². The molecule has 2 nitrogen and oxygen atoms in total. The van der Waals surface area contributed by atoms with Crippen LogP contribution in [0.2, 0.25) is 0 Å². The van der Waals surface area contributed by atoms with E-state index in [-0.39, 0.29) is 0 Å². The molecular weight excluding hydrogens is 208 g/mol. The molecule has 0 saturated carbocycles. The maximum absolute atomic E-state index is 3.89. The average Bonchev–Trinajstić information content (AvgIpc) is 2.31. The van der Waals surface area contributed by atoms with Crippen LogP contribution in [0.3, 0.4) is 0 Å². The summed E-state index contributed by atoms with van der Waals surface area (Å²) in [5.74, 6) is 0. The molecule has 2 heteroatoms. The molecule has 0 aliphatic carbocycles. The van der Waals surface area contributed by atoms with E-state index in [1.807, 2.05) is 6.08 Å². The van der Waals surface area contributed by atoms with Crippen LogP contribution in [0.1, 0.15) is 46.0 Å². The Labute approximate surface area is 107 Å². The third-order valence-corrected chi connectivity index (χ3v) is 3.83. The van der Waals surface area contributed by atoms with Gasteiger partial charge in [-0.1, -0.05) is 26.3 Å². The van der Waals surface area contributed by atoms with E-state index in [1.54, 1.807) is 0 Å². The zero-order valence-electron chi connectivity index (χ0n) is 11.8. The smallest absolute Gasteiger partial charge is 0.0160 e. The number of nitrogens with one attached hydrogen (secondary N) is 1. The fourth-order valence-electron chi connectivity index (χ4n) is 3.20. The summed E-state index contributed by atoms with van der Waals surface area (Å²) in [6.07, 6.45) is 8.68. The quantitative estimate of drug-likeness (QED) is 0.654. The van der Waals surface area contributed by atoms with Crippen LogP contribution in [0.25, 0.3) is 0 Å². The number of hydrogen-bond donors (Lipinski definition) is 1. The first-order valence-electron chi connectivity index (χ1n) is 7.30. The van der Waals surface area contributed by atoms with Gasteiger partial charge in [0.1, 0.15) is 0 Å². The summed E-state index contributed by atoms with van der Waals surface area (Å²) in [4.78, 5) is 2.58. The summed E-state index contributed by atoms with van der Waals surface area (Å²) in [6.45, 7) is 14.4. The van der Waals surface area contributed by atoms with Crippen molar-refractivity contribution in [1.82, 2.24) is 10.2 Å². The number of rotatable bonds is 8. The summed E-state index contributed by atoms with van der Waals surface area (Å²) in [5.41, 5.74) is 0.519. The minimum absolute atomic E-state index is 0.519. The Hall–Kier alpha value is -0.340. The van der Waals surface area contributed by atoms with Gasteiger partial charge in [0.05, 0.1) is 0 Å². The Morgan fingerprint density at radius 2 is 2.18 bits per heavy atom. The number of piperidine rings is 1. The summed E-state index contributed by atoms with van der Waals surface area (Å²) in [6, 6.07) is 0. The van der Waals surface area contributed by atoms with Gasteiger partial charge in [-0.25, -0.2) is 0 Å². The van der Waals surface area contributed by atoms with Gasteiger partial charge in [0, 0.05) is 19.6 Å². The molecule has 0 aromatic heterocycles. The maximum atomic E-state index is 3.89. The summed E-state index contributed by atoms with van der Waals surface area (Å²) >= 11 is 0. The van der Waals surface area contributed by atoms with E-state index in [4.69, 9.17) is 0 Å². The Bertz CT molecular complexity index is 201. The molecule has 1 atom stereocenters. The van der Waals surface area contributed by atoms with Crippen LogP contribution >= 0.6 is 0 Å². The van der Waals surface area contributed by atoms with Gasteiger partial charge >= 0.3 is 0 Å².